The highest BCUT2D eigenvalue weighted by Crippen LogP contribution is 2.26. The van der Waals surface area contributed by atoms with E-state index >= 15 is 0 Å². The molecule has 0 saturated carbocycles. The molecule has 0 amide bonds. The number of hydrogen-bond donors (Lipinski definition) is 1. The Kier molecular flexibility index (Phi) is 3.10. The predicted molar refractivity (Wildman–Crippen MR) is 73.3 cm³/mol. The zero-order valence-corrected chi connectivity index (χ0v) is 11.1. The lowest BCUT2D eigenvalue weighted by Crippen LogP contribution is -2.16. The molecular weight excluding hydrogens is 246 g/mol. The predicted octanol–water partition coefficient (Wildman–Crippen LogP) is 3.26. The molecule has 1 N–H and O–H groups in total. The zero-order chi connectivity index (χ0) is 12.5. The van der Waals surface area contributed by atoms with E-state index in [0.29, 0.717) is 6.04 Å². The Morgan fingerprint density at radius 2 is 2.33 bits per heavy atom. The molecule has 18 heavy (non-hydrogen) atoms. The quantitative estimate of drug-likeness (QED) is 0.899. The third-order valence-corrected chi connectivity index (χ3v) is 3.93. The van der Waals surface area contributed by atoms with Gasteiger partial charge in [0, 0.05) is 16.8 Å². The van der Waals surface area contributed by atoms with E-state index in [1.807, 2.05) is 31.6 Å². The van der Waals surface area contributed by atoms with Gasteiger partial charge in [0.1, 0.15) is 0 Å². The second-order valence-corrected chi connectivity index (χ2v) is 5.18. The molecule has 2 heterocycles. The minimum atomic E-state index is 0.410. The van der Waals surface area contributed by atoms with Crippen molar-refractivity contribution >= 4 is 11.6 Å². The first-order valence-corrected chi connectivity index (χ1v) is 6.65. The summed E-state index contributed by atoms with van der Waals surface area (Å²) in [5, 5.41) is 4.30. The molecule has 1 atom stereocenters. The van der Waals surface area contributed by atoms with Crippen LogP contribution < -0.4 is 5.32 Å². The van der Waals surface area contributed by atoms with Crippen LogP contribution in [0.3, 0.4) is 0 Å². The lowest BCUT2D eigenvalue weighted by atomic mass is 10.1. The van der Waals surface area contributed by atoms with Gasteiger partial charge < -0.3 is 9.88 Å². The molecule has 94 valence electrons. The van der Waals surface area contributed by atoms with Crippen molar-refractivity contribution in [2.45, 2.75) is 25.8 Å². The molecule has 0 spiro atoms. The summed E-state index contributed by atoms with van der Waals surface area (Å²) in [6.45, 7) is 3.10. The summed E-state index contributed by atoms with van der Waals surface area (Å²) in [4.78, 5) is 4.28. The summed E-state index contributed by atoms with van der Waals surface area (Å²) in [5.74, 6) is 0. The van der Waals surface area contributed by atoms with E-state index in [-0.39, 0.29) is 0 Å². The van der Waals surface area contributed by atoms with E-state index in [4.69, 9.17) is 11.6 Å². The van der Waals surface area contributed by atoms with Crippen molar-refractivity contribution in [3.05, 3.63) is 47.0 Å². The van der Waals surface area contributed by atoms with Crippen LogP contribution in [0.15, 0.2) is 30.7 Å². The van der Waals surface area contributed by atoms with Crippen LogP contribution in [0.25, 0.3) is 5.69 Å². The van der Waals surface area contributed by atoms with Gasteiger partial charge in [-0.3, -0.25) is 0 Å². The summed E-state index contributed by atoms with van der Waals surface area (Å²) >= 11 is 6.19. The van der Waals surface area contributed by atoms with Crippen LogP contribution in [0, 0.1) is 6.92 Å². The molecule has 2 aromatic rings. The van der Waals surface area contributed by atoms with Crippen molar-refractivity contribution in [3.63, 3.8) is 0 Å². The lowest BCUT2D eigenvalue weighted by Gasteiger charge is -2.14. The first-order chi connectivity index (χ1) is 8.75. The highest BCUT2D eigenvalue weighted by molar-refractivity contribution is 6.31. The molecule has 0 bridgehead atoms. The number of aryl methyl sites for hydroxylation is 1. The van der Waals surface area contributed by atoms with Gasteiger partial charge in [0.2, 0.25) is 0 Å². The molecule has 4 heteroatoms. The molecule has 3 nitrogen and oxygen atoms in total. The molecule has 1 saturated heterocycles. The van der Waals surface area contributed by atoms with Crippen molar-refractivity contribution in [2.75, 3.05) is 6.54 Å². The Hall–Kier alpha value is -1.32. The Labute approximate surface area is 112 Å². The SMILES string of the molecule is Cc1ccc(-n2cncc2[C@@H]2CCCN2)cc1Cl. The Bertz CT molecular complexity index is 556. The van der Waals surface area contributed by atoms with E-state index in [9.17, 15) is 0 Å². The summed E-state index contributed by atoms with van der Waals surface area (Å²) in [6.07, 6.45) is 6.20. The summed E-state index contributed by atoms with van der Waals surface area (Å²) < 4.78 is 2.12. The van der Waals surface area contributed by atoms with E-state index < -0.39 is 0 Å². The van der Waals surface area contributed by atoms with Crippen LogP contribution in [0.2, 0.25) is 5.02 Å². The first-order valence-electron chi connectivity index (χ1n) is 6.28. The maximum atomic E-state index is 6.19. The molecule has 1 aromatic heterocycles. The van der Waals surface area contributed by atoms with E-state index in [2.05, 4.69) is 20.9 Å². The van der Waals surface area contributed by atoms with Gasteiger partial charge in [-0.15, -0.1) is 0 Å². The van der Waals surface area contributed by atoms with Crippen molar-refractivity contribution in [3.8, 4) is 5.69 Å². The number of aromatic nitrogens is 2. The molecule has 0 aliphatic carbocycles. The third kappa shape index (κ3) is 2.04. The molecule has 1 aliphatic rings. The molecule has 3 rings (SSSR count). The fraction of sp³-hybridized carbons (Fsp3) is 0.357. The molecule has 0 unspecified atom stereocenters. The van der Waals surface area contributed by atoms with E-state index in [0.717, 1.165) is 22.8 Å². The largest absolute Gasteiger partial charge is 0.309 e. The molecule has 0 radical (unpaired) electrons. The third-order valence-electron chi connectivity index (χ3n) is 3.52. The maximum Gasteiger partial charge on any atom is 0.0994 e. The number of halogens is 1. The first kappa shape index (κ1) is 11.8. The number of imidazole rings is 1. The molecule has 1 aromatic carbocycles. The van der Waals surface area contributed by atoms with Crippen LogP contribution in [0.5, 0.6) is 0 Å². The monoisotopic (exact) mass is 261 g/mol. The summed E-state index contributed by atoms with van der Waals surface area (Å²) in [7, 11) is 0. The maximum absolute atomic E-state index is 6.19. The Morgan fingerprint density at radius 3 is 3.06 bits per heavy atom. The molecule has 1 fully saturated rings. The van der Waals surface area contributed by atoms with Gasteiger partial charge >= 0.3 is 0 Å². The number of benzene rings is 1. The average Bonchev–Trinajstić information content (AvgIpc) is 3.00. The van der Waals surface area contributed by atoms with Gasteiger partial charge in [0.05, 0.1) is 18.2 Å². The standard InChI is InChI=1S/C14H16ClN3/c1-10-4-5-11(7-12(10)15)18-9-16-8-14(18)13-3-2-6-17-13/h4-5,7-9,13,17H,2-3,6H2,1H3/t13-/m0/s1. The second kappa shape index (κ2) is 4.75. The number of rotatable bonds is 2. The van der Waals surface area contributed by atoms with Gasteiger partial charge in [0.25, 0.3) is 0 Å². The van der Waals surface area contributed by atoms with E-state index in [1.54, 1.807) is 0 Å². The number of nitrogens with zero attached hydrogens (tertiary/aromatic N) is 2. The fourth-order valence-electron chi connectivity index (χ4n) is 2.45. The van der Waals surface area contributed by atoms with E-state index in [1.165, 1.54) is 18.5 Å². The van der Waals surface area contributed by atoms with Crippen molar-refractivity contribution < 1.29 is 0 Å². The zero-order valence-electron chi connectivity index (χ0n) is 10.4. The highest BCUT2D eigenvalue weighted by Gasteiger charge is 2.20. The van der Waals surface area contributed by atoms with Crippen molar-refractivity contribution in [1.29, 1.82) is 0 Å². The topological polar surface area (TPSA) is 29.9 Å². The van der Waals surface area contributed by atoms with Crippen LogP contribution in [-0.4, -0.2) is 16.1 Å². The second-order valence-electron chi connectivity index (χ2n) is 4.77. The minimum Gasteiger partial charge on any atom is -0.309 e. The molecule has 1 aliphatic heterocycles. The van der Waals surface area contributed by atoms with Crippen LogP contribution in [0.1, 0.15) is 30.1 Å². The van der Waals surface area contributed by atoms with Gasteiger partial charge in [-0.25, -0.2) is 4.98 Å². The highest BCUT2D eigenvalue weighted by atomic mass is 35.5. The van der Waals surface area contributed by atoms with Crippen LogP contribution >= 0.6 is 11.6 Å². The molecular formula is C14H16ClN3. The van der Waals surface area contributed by atoms with Crippen LogP contribution in [0.4, 0.5) is 0 Å². The van der Waals surface area contributed by atoms with Crippen molar-refractivity contribution in [2.24, 2.45) is 0 Å². The number of hydrogen-bond acceptors (Lipinski definition) is 2. The average molecular weight is 262 g/mol. The summed E-state index contributed by atoms with van der Waals surface area (Å²) in [6, 6.07) is 6.54. The summed E-state index contributed by atoms with van der Waals surface area (Å²) in [5.41, 5.74) is 3.39. The fourth-order valence-corrected chi connectivity index (χ4v) is 2.62. The van der Waals surface area contributed by atoms with Gasteiger partial charge in [-0.1, -0.05) is 17.7 Å². The smallest absolute Gasteiger partial charge is 0.0994 e. The lowest BCUT2D eigenvalue weighted by molar-refractivity contribution is 0.615. The normalized spacial score (nSPS) is 19.3. The Morgan fingerprint density at radius 1 is 1.44 bits per heavy atom. The van der Waals surface area contributed by atoms with Crippen molar-refractivity contribution in [1.82, 2.24) is 14.9 Å². The van der Waals surface area contributed by atoms with Gasteiger partial charge in [-0.2, -0.15) is 0 Å². The van der Waals surface area contributed by atoms with Gasteiger partial charge in [0.15, 0.2) is 0 Å². The van der Waals surface area contributed by atoms with Gasteiger partial charge in [-0.05, 0) is 44.0 Å². The number of nitrogens with one attached hydrogen (secondary N) is 1. The van der Waals surface area contributed by atoms with Crippen LogP contribution in [-0.2, 0) is 0 Å². The Balaban J connectivity index is 2.00. The minimum absolute atomic E-state index is 0.410.